The maximum Gasteiger partial charge on any atom is 0.234 e. The van der Waals surface area contributed by atoms with E-state index in [1.54, 1.807) is 12.1 Å². The van der Waals surface area contributed by atoms with Crippen LogP contribution in [0, 0.1) is 19.7 Å². The molecule has 0 bridgehead atoms. The van der Waals surface area contributed by atoms with E-state index in [2.05, 4.69) is 21.8 Å². The Labute approximate surface area is 133 Å². The summed E-state index contributed by atoms with van der Waals surface area (Å²) in [5, 5.41) is 3.60. The minimum atomic E-state index is -0.360. The summed E-state index contributed by atoms with van der Waals surface area (Å²) in [6, 6.07) is 6.44. The second kappa shape index (κ2) is 6.12. The highest BCUT2D eigenvalue weighted by atomic mass is 32.2. The topological polar surface area (TPSA) is 46.9 Å². The number of aromatic nitrogens is 2. The Balaban J connectivity index is 1.63. The first-order valence-electron chi connectivity index (χ1n) is 7.28. The summed E-state index contributed by atoms with van der Waals surface area (Å²) < 4.78 is 15.3. The lowest BCUT2D eigenvalue weighted by Crippen LogP contribution is -2.14. The molecule has 6 heteroatoms. The van der Waals surface area contributed by atoms with Gasteiger partial charge in [0.05, 0.1) is 11.4 Å². The van der Waals surface area contributed by atoms with Crippen LogP contribution < -0.4 is 5.32 Å². The van der Waals surface area contributed by atoms with Crippen LogP contribution in [0.3, 0.4) is 0 Å². The minimum Gasteiger partial charge on any atom is -0.325 e. The van der Waals surface area contributed by atoms with Gasteiger partial charge in [-0.1, -0.05) is 17.8 Å². The number of imidazole rings is 1. The molecule has 22 heavy (non-hydrogen) atoms. The maximum absolute atomic E-state index is 13.1. The van der Waals surface area contributed by atoms with E-state index in [-0.39, 0.29) is 17.5 Å². The molecule has 4 nitrogen and oxygen atoms in total. The monoisotopic (exact) mass is 319 g/mol. The largest absolute Gasteiger partial charge is 0.325 e. The zero-order valence-electron chi connectivity index (χ0n) is 12.6. The summed E-state index contributed by atoms with van der Waals surface area (Å²) in [5.74, 6) is -0.253. The third kappa shape index (κ3) is 3.32. The molecule has 0 radical (unpaired) electrons. The number of rotatable bonds is 5. The van der Waals surface area contributed by atoms with E-state index in [0.717, 1.165) is 10.9 Å². The molecule has 1 amide bonds. The molecule has 1 aromatic heterocycles. The molecule has 0 spiro atoms. The Morgan fingerprint density at radius 3 is 2.91 bits per heavy atom. The van der Waals surface area contributed by atoms with Crippen molar-refractivity contribution in [2.75, 3.05) is 11.1 Å². The Morgan fingerprint density at radius 1 is 1.45 bits per heavy atom. The average Bonchev–Trinajstić information content (AvgIpc) is 3.25. The molecule has 0 unspecified atom stereocenters. The number of amides is 1. The van der Waals surface area contributed by atoms with Crippen LogP contribution in [0.15, 0.2) is 29.4 Å². The highest BCUT2D eigenvalue weighted by Crippen LogP contribution is 2.39. The Bertz CT molecular complexity index is 709. The third-order valence-electron chi connectivity index (χ3n) is 3.71. The van der Waals surface area contributed by atoms with Gasteiger partial charge in [-0.2, -0.15) is 0 Å². The van der Waals surface area contributed by atoms with Gasteiger partial charge in [0.1, 0.15) is 5.82 Å². The van der Waals surface area contributed by atoms with Crippen molar-refractivity contribution >= 4 is 23.4 Å². The first-order chi connectivity index (χ1) is 10.5. The fraction of sp³-hybridized carbons (Fsp3) is 0.375. The molecule has 1 aromatic carbocycles. The summed E-state index contributed by atoms with van der Waals surface area (Å²) in [7, 11) is 0. The highest BCUT2D eigenvalue weighted by Gasteiger charge is 2.28. The zero-order valence-corrected chi connectivity index (χ0v) is 13.4. The molecule has 1 saturated carbocycles. The van der Waals surface area contributed by atoms with Gasteiger partial charge in [0.15, 0.2) is 5.16 Å². The van der Waals surface area contributed by atoms with Crippen LogP contribution in [-0.2, 0) is 4.79 Å². The van der Waals surface area contributed by atoms with Gasteiger partial charge in [0.25, 0.3) is 0 Å². The number of aryl methyl sites for hydroxylation is 1. The lowest BCUT2D eigenvalue weighted by Gasteiger charge is -2.08. The average molecular weight is 319 g/mol. The Kier molecular flexibility index (Phi) is 4.20. The third-order valence-corrected chi connectivity index (χ3v) is 4.66. The quantitative estimate of drug-likeness (QED) is 0.855. The molecule has 1 N–H and O–H groups in total. The molecule has 3 rings (SSSR count). The van der Waals surface area contributed by atoms with Crippen LogP contribution in [0.2, 0.25) is 0 Å². The summed E-state index contributed by atoms with van der Waals surface area (Å²) in [6.07, 6.45) is 2.36. The molecule has 1 heterocycles. The summed E-state index contributed by atoms with van der Waals surface area (Å²) in [5.41, 5.74) is 2.67. The van der Waals surface area contributed by atoms with Crippen LogP contribution in [0.25, 0.3) is 0 Å². The summed E-state index contributed by atoms with van der Waals surface area (Å²) in [4.78, 5) is 16.5. The lowest BCUT2D eigenvalue weighted by atomic mass is 10.3. The minimum absolute atomic E-state index is 0.156. The van der Waals surface area contributed by atoms with E-state index in [4.69, 9.17) is 0 Å². The van der Waals surface area contributed by atoms with Crippen molar-refractivity contribution < 1.29 is 9.18 Å². The number of halogens is 1. The summed E-state index contributed by atoms with van der Waals surface area (Å²) in [6.45, 7) is 4.06. The van der Waals surface area contributed by atoms with Crippen LogP contribution in [0.4, 0.5) is 10.1 Å². The second-order valence-corrected chi connectivity index (χ2v) is 6.46. The molecule has 1 fully saturated rings. The number of carbonyl (C=O) groups excluding carboxylic acids is 1. The van der Waals surface area contributed by atoms with E-state index in [1.807, 2.05) is 6.92 Å². The standard InChI is InChI=1S/C16H18FN3OS/c1-10-11(2)20(14-6-7-14)16(18-10)22-9-15(21)19-13-5-3-4-12(17)8-13/h3-5,8,14H,6-7,9H2,1-2H3,(H,19,21). The van der Waals surface area contributed by atoms with Gasteiger partial charge >= 0.3 is 0 Å². The van der Waals surface area contributed by atoms with E-state index in [1.165, 1.54) is 42.4 Å². The van der Waals surface area contributed by atoms with Crippen molar-refractivity contribution in [3.8, 4) is 0 Å². The number of hydrogen-bond acceptors (Lipinski definition) is 3. The molecule has 2 aromatic rings. The number of nitrogens with zero attached hydrogens (tertiary/aromatic N) is 2. The lowest BCUT2D eigenvalue weighted by molar-refractivity contribution is -0.113. The first kappa shape index (κ1) is 15.1. The SMILES string of the molecule is Cc1nc(SCC(=O)Nc2cccc(F)c2)n(C2CC2)c1C. The van der Waals surface area contributed by atoms with Crippen molar-refractivity contribution in [1.82, 2.24) is 9.55 Å². The number of nitrogens with one attached hydrogen (secondary N) is 1. The molecule has 116 valence electrons. The summed E-state index contributed by atoms with van der Waals surface area (Å²) >= 11 is 1.43. The first-order valence-corrected chi connectivity index (χ1v) is 8.27. The molecule has 0 atom stereocenters. The van der Waals surface area contributed by atoms with Gasteiger partial charge in [-0.05, 0) is 44.9 Å². The maximum atomic E-state index is 13.1. The predicted octanol–water partition coefficient (Wildman–Crippen LogP) is 3.70. The van der Waals surface area contributed by atoms with Gasteiger partial charge in [-0.3, -0.25) is 4.79 Å². The van der Waals surface area contributed by atoms with Gasteiger partial charge in [-0.25, -0.2) is 9.37 Å². The van der Waals surface area contributed by atoms with E-state index < -0.39 is 0 Å². The van der Waals surface area contributed by atoms with Crippen molar-refractivity contribution in [3.63, 3.8) is 0 Å². The van der Waals surface area contributed by atoms with Gasteiger partial charge < -0.3 is 9.88 Å². The number of hydrogen-bond donors (Lipinski definition) is 1. The molecular formula is C16H18FN3OS. The zero-order chi connectivity index (χ0) is 15.7. The smallest absolute Gasteiger partial charge is 0.234 e. The van der Waals surface area contributed by atoms with E-state index in [9.17, 15) is 9.18 Å². The normalized spacial score (nSPS) is 14.1. The molecular weight excluding hydrogens is 301 g/mol. The predicted molar refractivity (Wildman–Crippen MR) is 85.7 cm³/mol. The molecule has 1 aliphatic rings. The van der Waals surface area contributed by atoms with Crippen molar-refractivity contribution in [2.24, 2.45) is 0 Å². The number of carbonyl (C=O) groups is 1. The fourth-order valence-electron chi connectivity index (χ4n) is 2.35. The van der Waals surface area contributed by atoms with E-state index in [0.29, 0.717) is 11.7 Å². The van der Waals surface area contributed by atoms with Crippen LogP contribution in [0.5, 0.6) is 0 Å². The Morgan fingerprint density at radius 2 is 2.23 bits per heavy atom. The highest BCUT2D eigenvalue weighted by molar-refractivity contribution is 7.99. The van der Waals surface area contributed by atoms with E-state index >= 15 is 0 Å². The van der Waals surface area contributed by atoms with Gasteiger partial charge in [0.2, 0.25) is 5.91 Å². The van der Waals surface area contributed by atoms with Gasteiger partial charge in [0, 0.05) is 17.4 Å². The van der Waals surface area contributed by atoms with Crippen LogP contribution in [-0.4, -0.2) is 21.2 Å². The second-order valence-electron chi connectivity index (χ2n) is 5.51. The Hall–Kier alpha value is -1.82. The number of anilines is 1. The van der Waals surface area contributed by atoms with Crippen LogP contribution >= 0.6 is 11.8 Å². The van der Waals surface area contributed by atoms with Gasteiger partial charge in [-0.15, -0.1) is 0 Å². The van der Waals surface area contributed by atoms with Crippen molar-refractivity contribution in [1.29, 1.82) is 0 Å². The molecule has 0 saturated heterocycles. The number of thioether (sulfide) groups is 1. The number of benzene rings is 1. The van der Waals surface area contributed by atoms with Crippen LogP contribution in [0.1, 0.15) is 30.3 Å². The van der Waals surface area contributed by atoms with Crippen molar-refractivity contribution in [2.45, 2.75) is 37.9 Å². The molecule has 1 aliphatic carbocycles. The van der Waals surface area contributed by atoms with Crippen molar-refractivity contribution in [3.05, 3.63) is 41.5 Å². The molecule has 0 aliphatic heterocycles. The fourth-order valence-corrected chi connectivity index (χ4v) is 3.31.